The van der Waals surface area contributed by atoms with Crippen LogP contribution < -0.4 is 11.1 Å². The average molecular weight is 254 g/mol. The van der Waals surface area contributed by atoms with Crippen LogP contribution in [0.5, 0.6) is 0 Å². The zero-order valence-electron chi connectivity index (χ0n) is 10.7. The van der Waals surface area contributed by atoms with Crippen molar-refractivity contribution in [1.82, 2.24) is 0 Å². The molecule has 1 aliphatic rings. The second-order valence-electron chi connectivity index (χ2n) is 5.13. The number of nitrogens with two attached hydrogens (primary N) is 1. The molecule has 0 radical (unpaired) electrons. The third-order valence-electron chi connectivity index (χ3n) is 3.84. The zero-order valence-corrected chi connectivity index (χ0v) is 10.7. The Labute approximate surface area is 107 Å². The minimum absolute atomic E-state index is 0.0378. The van der Waals surface area contributed by atoms with Gasteiger partial charge in [0.25, 0.3) is 0 Å². The van der Waals surface area contributed by atoms with E-state index in [1.165, 1.54) is 6.42 Å². The van der Waals surface area contributed by atoms with Crippen molar-refractivity contribution in [1.29, 1.82) is 0 Å². The first-order chi connectivity index (χ1) is 8.60. The largest absolute Gasteiger partial charge is 0.399 e. The SMILES string of the molecule is CCC1CCC(Nc2c(F)cc(N)cc2F)CC1. The molecule has 100 valence electrons. The lowest BCUT2D eigenvalue weighted by molar-refractivity contribution is 0.329. The summed E-state index contributed by atoms with van der Waals surface area (Å²) in [5, 5.41) is 2.98. The molecule has 0 unspecified atom stereocenters. The van der Waals surface area contributed by atoms with E-state index in [0.29, 0.717) is 0 Å². The third-order valence-corrected chi connectivity index (χ3v) is 3.84. The van der Waals surface area contributed by atoms with Gasteiger partial charge in [0.2, 0.25) is 0 Å². The van der Waals surface area contributed by atoms with E-state index in [1.807, 2.05) is 0 Å². The van der Waals surface area contributed by atoms with Gasteiger partial charge in [0.05, 0.1) is 0 Å². The first-order valence-electron chi connectivity index (χ1n) is 6.61. The fourth-order valence-corrected chi connectivity index (χ4v) is 2.65. The number of anilines is 2. The van der Waals surface area contributed by atoms with Crippen LogP contribution in [0.4, 0.5) is 20.2 Å². The van der Waals surface area contributed by atoms with E-state index in [1.54, 1.807) is 0 Å². The molecule has 1 aliphatic carbocycles. The highest BCUT2D eigenvalue weighted by atomic mass is 19.1. The van der Waals surface area contributed by atoms with E-state index in [9.17, 15) is 8.78 Å². The van der Waals surface area contributed by atoms with Crippen molar-refractivity contribution in [3.8, 4) is 0 Å². The van der Waals surface area contributed by atoms with Crippen LogP contribution in [0, 0.1) is 17.6 Å². The van der Waals surface area contributed by atoms with Crippen LogP contribution in [0.1, 0.15) is 39.0 Å². The quantitative estimate of drug-likeness (QED) is 0.802. The summed E-state index contributed by atoms with van der Waals surface area (Å²) in [5.41, 5.74) is 5.47. The highest BCUT2D eigenvalue weighted by molar-refractivity contribution is 5.54. The minimum Gasteiger partial charge on any atom is -0.399 e. The van der Waals surface area contributed by atoms with Crippen molar-refractivity contribution < 1.29 is 8.78 Å². The summed E-state index contributed by atoms with van der Waals surface area (Å²) in [6.45, 7) is 2.19. The number of hydrogen-bond donors (Lipinski definition) is 2. The standard InChI is InChI=1S/C14H20F2N2/c1-2-9-3-5-11(6-4-9)18-14-12(15)7-10(17)8-13(14)16/h7-9,11,18H,2-6,17H2,1H3. The van der Waals surface area contributed by atoms with E-state index in [-0.39, 0.29) is 17.4 Å². The van der Waals surface area contributed by atoms with Gasteiger partial charge in [-0.05, 0) is 43.7 Å². The number of hydrogen-bond acceptors (Lipinski definition) is 2. The Bertz CT molecular complexity index is 389. The van der Waals surface area contributed by atoms with Crippen LogP contribution >= 0.6 is 0 Å². The molecular weight excluding hydrogens is 234 g/mol. The Kier molecular flexibility index (Phi) is 4.04. The fourth-order valence-electron chi connectivity index (χ4n) is 2.65. The second-order valence-corrected chi connectivity index (χ2v) is 5.13. The Morgan fingerprint density at radius 1 is 1.17 bits per heavy atom. The molecule has 1 fully saturated rings. The lowest BCUT2D eigenvalue weighted by Crippen LogP contribution is -2.26. The van der Waals surface area contributed by atoms with Gasteiger partial charge in [-0.3, -0.25) is 0 Å². The van der Waals surface area contributed by atoms with Crippen LogP contribution in [0.25, 0.3) is 0 Å². The molecule has 0 bridgehead atoms. The summed E-state index contributed by atoms with van der Waals surface area (Å²) in [7, 11) is 0. The van der Waals surface area contributed by atoms with Gasteiger partial charge in [-0.2, -0.15) is 0 Å². The van der Waals surface area contributed by atoms with Crippen LogP contribution in [0.15, 0.2) is 12.1 Å². The highest BCUT2D eigenvalue weighted by Crippen LogP contribution is 2.30. The van der Waals surface area contributed by atoms with E-state index < -0.39 is 11.6 Å². The van der Waals surface area contributed by atoms with Gasteiger partial charge in [0.1, 0.15) is 5.69 Å². The summed E-state index contributed by atoms with van der Waals surface area (Å²) < 4.78 is 27.3. The highest BCUT2D eigenvalue weighted by Gasteiger charge is 2.22. The van der Waals surface area contributed by atoms with Crippen molar-refractivity contribution >= 4 is 11.4 Å². The molecule has 0 spiro atoms. The Morgan fingerprint density at radius 3 is 2.22 bits per heavy atom. The number of benzene rings is 1. The van der Waals surface area contributed by atoms with Gasteiger partial charge >= 0.3 is 0 Å². The maximum absolute atomic E-state index is 13.6. The summed E-state index contributed by atoms with van der Waals surface area (Å²) in [4.78, 5) is 0. The molecule has 0 saturated heterocycles. The van der Waals surface area contributed by atoms with Crippen LogP contribution in [-0.2, 0) is 0 Å². The topological polar surface area (TPSA) is 38.0 Å². The second kappa shape index (κ2) is 5.55. The van der Waals surface area contributed by atoms with E-state index in [4.69, 9.17) is 5.73 Å². The molecule has 0 heterocycles. The van der Waals surface area contributed by atoms with Crippen molar-refractivity contribution in [2.24, 2.45) is 5.92 Å². The maximum Gasteiger partial charge on any atom is 0.151 e. The predicted molar refractivity (Wildman–Crippen MR) is 70.4 cm³/mol. The van der Waals surface area contributed by atoms with E-state index in [0.717, 1.165) is 43.7 Å². The van der Waals surface area contributed by atoms with Crippen molar-refractivity contribution in [2.45, 2.75) is 45.1 Å². The van der Waals surface area contributed by atoms with Gasteiger partial charge in [-0.15, -0.1) is 0 Å². The van der Waals surface area contributed by atoms with Gasteiger partial charge < -0.3 is 11.1 Å². The molecule has 18 heavy (non-hydrogen) atoms. The molecule has 1 saturated carbocycles. The molecule has 2 nitrogen and oxygen atoms in total. The van der Waals surface area contributed by atoms with Crippen molar-refractivity contribution in [2.75, 3.05) is 11.1 Å². The van der Waals surface area contributed by atoms with Crippen LogP contribution in [-0.4, -0.2) is 6.04 Å². The molecule has 3 N–H and O–H groups in total. The minimum atomic E-state index is -0.606. The average Bonchev–Trinajstić information content (AvgIpc) is 2.34. The maximum atomic E-state index is 13.6. The summed E-state index contributed by atoms with van der Waals surface area (Å²) in [6.07, 6.45) is 5.40. The normalized spacial score (nSPS) is 23.9. The first kappa shape index (κ1) is 13.1. The van der Waals surface area contributed by atoms with Crippen LogP contribution in [0.2, 0.25) is 0 Å². The van der Waals surface area contributed by atoms with Gasteiger partial charge in [0, 0.05) is 11.7 Å². The summed E-state index contributed by atoms with van der Waals surface area (Å²) in [6, 6.07) is 2.48. The first-order valence-corrected chi connectivity index (χ1v) is 6.61. The summed E-state index contributed by atoms with van der Waals surface area (Å²) in [5.74, 6) is -0.445. The zero-order chi connectivity index (χ0) is 13.1. The lowest BCUT2D eigenvalue weighted by atomic mass is 9.84. The van der Waals surface area contributed by atoms with E-state index in [2.05, 4.69) is 12.2 Å². The Hall–Kier alpha value is -1.32. The molecule has 0 aliphatic heterocycles. The molecule has 4 heteroatoms. The Morgan fingerprint density at radius 2 is 1.72 bits per heavy atom. The molecular formula is C14H20F2N2. The molecule has 0 atom stereocenters. The van der Waals surface area contributed by atoms with Gasteiger partial charge in [0.15, 0.2) is 11.6 Å². The van der Waals surface area contributed by atoms with Gasteiger partial charge in [-0.1, -0.05) is 13.3 Å². The molecule has 2 rings (SSSR count). The number of halogens is 2. The number of rotatable bonds is 3. The smallest absolute Gasteiger partial charge is 0.151 e. The van der Waals surface area contributed by atoms with Gasteiger partial charge in [-0.25, -0.2) is 8.78 Å². The molecule has 0 amide bonds. The predicted octanol–water partition coefficient (Wildman–Crippen LogP) is 3.93. The third kappa shape index (κ3) is 2.92. The van der Waals surface area contributed by atoms with Crippen molar-refractivity contribution in [3.63, 3.8) is 0 Å². The van der Waals surface area contributed by atoms with E-state index >= 15 is 0 Å². The van der Waals surface area contributed by atoms with Crippen molar-refractivity contribution in [3.05, 3.63) is 23.8 Å². The monoisotopic (exact) mass is 254 g/mol. The fraction of sp³-hybridized carbons (Fsp3) is 0.571. The number of nitrogens with one attached hydrogen (secondary N) is 1. The lowest BCUT2D eigenvalue weighted by Gasteiger charge is -2.29. The molecule has 1 aromatic carbocycles. The summed E-state index contributed by atoms with van der Waals surface area (Å²) >= 11 is 0. The Balaban J connectivity index is 2.02. The molecule has 0 aromatic heterocycles. The molecule has 1 aromatic rings. The van der Waals surface area contributed by atoms with Crippen LogP contribution in [0.3, 0.4) is 0 Å². The number of nitrogen functional groups attached to an aromatic ring is 1.